The van der Waals surface area contributed by atoms with Gasteiger partial charge in [-0.1, -0.05) is 0 Å². The van der Waals surface area contributed by atoms with Crippen LogP contribution in [0.3, 0.4) is 0 Å². The minimum Gasteiger partial charge on any atom is -0.306 e. The third-order valence-corrected chi connectivity index (χ3v) is 1.34. The minimum absolute atomic E-state index is 0.00528. The Kier molecular flexibility index (Phi) is 3.07. The zero-order valence-corrected chi connectivity index (χ0v) is 6.87. The van der Waals surface area contributed by atoms with Gasteiger partial charge in [-0.2, -0.15) is 14.0 Å². The highest BCUT2D eigenvalue weighted by atomic mass is 19.3. The first kappa shape index (κ1) is 10.1. The van der Waals surface area contributed by atoms with Gasteiger partial charge in [-0.3, -0.25) is 4.79 Å². The quantitative estimate of drug-likeness (QED) is 0.773. The van der Waals surface area contributed by atoms with E-state index in [-0.39, 0.29) is 5.82 Å². The highest BCUT2D eigenvalue weighted by molar-refractivity contribution is 5.92. The molecule has 0 radical (unpaired) electrons. The number of aromatic nitrogens is 1. The van der Waals surface area contributed by atoms with Crippen molar-refractivity contribution in [3.05, 3.63) is 23.9 Å². The Morgan fingerprint density at radius 1 is 1.57 bits per heavy atom. The molecule has 0 aromatic carbocycles. The van der Waals surface area contributed by atoms with E-state index in [1.165, 1.54) is 18.3 Å². The number of carbonyl (C=O) groups excluding carboxylic acids is 1. The highest BCUT2D eigenvalue weighted by Crippen LogP contribution is 2.05. The largest absolute Gasteiger partial charge is 0.315 e. The lowest BCUT2D eigenvalue weighted by Gasteiger charge is -2.01. The molecule has 72 valence electrons. The maximum atomic E-state index is 11.8. The lowest BCUT2D eigenvalue weighted by molar-refractivity contribution is -0.126. The van der Waals surface area contributed by atoms with Gasteiger partial charge in [-0.15, -0.1) is 0 Å². The van der Waals surface area contributed by atoms with Crippen LogP contribution in [0, 0.1) is 11.3 Å². The SMILES string of the molecule is N#Cc1ccc(NC(=O)C(F)F)nc1. The number of anilines is 1. The summed E-state index contributed by atoms with van der Waals surface area (Å²) in [6.45, 7) is 0. The van der Waals surface area contributed by atoms with Crippen molar-refractivity contribution < 1.29 is 13.6 Å². The van der Waals surface area contributed by atoms with Gasteiger partial charge in [-0.25, -0.2) is 4.98 Å². The fourth-order valence-corrected chi connectivity index (χ4v) is 0.715. The van der Waals surface area contributed by atoms with Gasteiger partial charge in [0, 0.05) is 6.20 Å². The lowest BCUT2D eigenvalue weighted by Crippen LogP contribution is -2.20. The molecule has 0 bridgehead atoms. The number of amides is 1. The number of hydrogen-bond acceptors (Lipinski definition) is 3. The molecule has 0 spiro atoms. The van der Waals surface area contributed by atoms with E-state index in [4.69, 9.17) is 5.26 Å². The van der Waals surface area contributed by atoms with Gasteiger partial charge in [-0.05, 0) is 12.1 Å². The van der Waals surface area contributed by atoms with Gasteiger partial charge in [0.1, 0.15) is 11.9 Å². The minimum atomic E-state index is -3.08. The summed E-state index contributed by atoms with van der Waals surface area (Å²) in [7, 11) is 0. The Hall–Kier alpha value is -2.03. The molecule has 0 aliphatic rings. The summed E-state index contributed by atoms with van der Waals surface area (Å²) in [5, 5.41) is 10.3. The molecular weight excluding hydrogens is 192 g/mol. The summed E-state index contributed by atoms with van der Waals surface area (Å²) >= 11 is 0. The van der Waals surface area contributed by atoms with Crippen LogP contribution in [0.15, 0.2) is 18.3 Å². The van der Waals surface area contributed by atoms with Crippen molar-refractivity contribution in [3.63, 3.8) is 0 Å². The molecule has 0 aliphatic heterocycles. The van der Waals surface area contributed by atoms with Gasteiger partial charge in [0.15, 0.2) is 0 Å². The number of hydrogen-bond donors (Lipinski definition) is 1. The van der Waals surface area contributed by atoms with Gasteiger partial charge in [0.05, 0.1) is 5.56 Å². The Bertz CT molecular complexity index is 369. The molecule has 0 fully saturated rings. The molecule has 0 saturated carbocycles. The standard InChI is InChI=1S/C8H5F2N3O/c9-7(10)8(14)13-6-2-1-5(3-11)4-12-6/h1-2,4,7H,(H,12,13,14). The van der Waals surface area contributed by atoms with Crippen molar-refractivity contribution in [1.29, 1.82) is 5.26 Å². The van der Waals surface area contributed by atoms with Crippen molar-refractivity contribution in [2.45, 2.75) is 6.43 Å². The lowest BCUT2D eigenvalue weighted by atomic mass is 10.3. The average molecular weight is 197 g/mol. The van der Waals surface area contributed by atoms with Crippen molar-refractivity contribution in [2.75, 3.05) is 5.32 Å². The van der Waals surface area contributed by atoms with E-state index >= 15 is 0 Å². The predicted octanol–water partition coefficient (Wildman–Crippen LogP) is 1.16. The Morgan fingerprint density at radius 3 is 2.71 bits per heavy atom. The second kappa shape index (κ2) is 4.28. The Balaban J connectivity index is 2.70. The summed E-state index contributed by atoms with van der Waals surface area (Å²) in [5.74, 6) is -1.42. The summed E-state index contributed by atoms with van der Waals surface area (Å²) in [5.41, 5.74) is 0.292. The van der Waals surface area contributed by atoms with Crippen LogP contribution in [0.5, 0.6) is 0 Å². The summed E-state index contributed by atoms with van der Waals surface area (Å²) < 4.78 is 23.5. The van der Waals surface area contributed by atoms with Gasteiger partial charge in [0.2, 0.25) is 0 Å². The second-order valence-electron chi connectivity index (χ2n) is 2.33. The molecular formula is C8H5F2N3O. The topological polar surface area (TPSA) is 65.8 Å². The van der Waals surface area contributed by atoms with Gasteiger partial charge >= 0.3 is 6.43 Å². The van der Waals surface area contributed by atoms with Crippen molar-refractivity contribution in [1.82, 2.24) is 4.98 Å². The first-order valence-corrected chi connectivity index (χ1v) is 3.58. The smallest absolute Gasteiger partial charge is 0.306 e. The molecule has 1 heterocycles. The Morgan fingerprint density at radius 2 is 2.29 bits per heavy atom. The van der Waals surface area contributed by atoms with Crippen LogP contribution in [0.25, 0.3) is 0 Å². The first-order chi connectivity index (χ1) is 6.63. The van der Waals surface area contributed by atoms with Crippen LogP contribution in [-0.4, -0.2) is 17.3 Å². The normalized spacial score (nSPS) is 9.57. The van der Waals surface area contributed by atoms with E-state index < -0.39 is 12.3 Å². The number of nitrogens with one attached hydrogen (secondary N) is 1. The predicted molar refractivity (Wildman–Crippen MR) is 43.6 cm³/mol. The summed E-state index contributed by atoms with van der Waals surface area (Å²) in [6.07, 6.45) is -1.89. The van der Waals surface area contributed by atoms with Gasteiger partial charge in [0.25, 0.3) is 5.91 Å². The van der Waals surface area contributed by atoms with E-state index in [2.05, 4.69) is 4.98 Å². The number of rotatable bonds is 2. The molecule has 6 heteroatoms. The summed E-state index contributed by atoms with van der Waals surface area (Å²) in [4.78, 5) is 14.1. The molecule has 1 amide bonds. The molecule has 1 rings (SSSR count). The molecule has 0 saturated heterocycles. The maximum absolute atomic E-state index is 11.8. The number of alkyl halides is 2. The van der Waals surface area contributed by atoms with Crippen LogP contribution < -0.4 is 5.32 Å². The maximum Gasteiger partial charge on any atom is 0.315 e. The number of nitriles is 1. The molecule has 14 heavy (non-hydrogen) atoms. The van der Waals surface area contributed by atoms with Crippen molar-refractivity contribution in [3.8, 4) is 6.07 Å². The third-order valence-electron chi connectivity index (χ3n) is 1.34. The van der Waals surface area contributed by atoms with Crippen LogP contribution in [0.4, 0.5) is 14.6 Å². The molecule has 1 aromatic rings. The number of carbonyl (C=O) groups is 1. The average Bonchev–Trinajstić information content (AvgIpc) is 2.19. The Labute approximate surface area is 78.2 Å². The molecule has 4 nitrogen and oxygen atoms in total. The van der Waals surface area contributed by atoms with E-state index in [0.29, 0.717) is 5.56 Å². The molecule has 0 aliphatic carbocycles. The van der Waals surface area contributed by atoms with E-state index in [1.54, 1.807) is 6.07 Å². The first-order valence-electron chi connectivity index (χ1n) is 3.58. The highest BCUT2D eigenvalue weighted by Gasteiger charge is 2.15. The molecule has 1 aromatic heterocycles. The number of halogens is 2. The van der Waals surface area contributed by atoms with Crippen LogP contribution in [0.1, 0.15) is 5.56 Å². The fraction of sp³-hybridized carbons (Fsp3) is 0.125. The monoisotopic (exact) mass is 197 g/mol. The zero-order chi connectivity index (χ0) is 10.6. The van der Waals surface area contributed by atoms with Crippen LogP contribution in [-0.2, 0) is 4.79 Å². The number of pyridine rings is 1. The van der Waals surface area contributed by atoms with E-state index in [0.717, 1.165) is 0 Å². The number of nitrogens with zero attached hydrogens (tertiary/aromatic N) is 2. The van der Waals surface area contributed by atoms with E-state index in [1.807, 2.05) is 5.32 Å². The van der Waals surface area contributed by atoms with E-state index in [9.17, 15) is 13.6 Å². The molecule has 0 unspecified atom stereocenters. The van der Waals surface area contributed by atoms with Crippen molar-refractivity contribution >= 4 is 11.7 Å². The van der Waals surface area contributed by atoms with Crippen LogP contribution in [0.2, 0.25) is 0 Å². The molecule has 1 N–H and O–H groups in total. The van der Waals surface area contributed by atoms with Crippen molar-refractivity contribution in [2.24, 2.45) is 0 Å². The zero-order valence-electron chi connectivity index (χ0n) is 6.87. The summed E-state index contributed by atoms with van der Waals surface area (Å²) in [6, 6.07) is 4.45. The van der Waals surface area contributed by atoms with Crippen LogP contribution >= 0.6 is 0 Å². The van der Waals surface area contributed by atoms with Gasteiger partial charge < -0.3 is 5.32 Å². The second-order valence-corrected chi connectivity index (χ2v) is 2.33. The molecule has 0 atom stereocenters. The third kappa shape index (κ3) is 2.48. The fourth-order valence-electron chi connectivity index (χ4n) is 0.715.